The molecule has 0 radical (unpaired) electrons. The summed E-state index contributed by atoms with van der Waals surface area (Å²) in [4.78, 5) is 7.90. The minimum absolute atomic E-state index is 0.707. The SMILES string of the molecule is COc1ccc2nc(-c3cc(Cl)ccc3C)[nH]c2c1. The molecule has 0 bridgehead atoms. The zero-order valence-electron chi connectivity index (χ0n) is 10.7. The van der Waals surface area contributed by atoms with Gasteiger partial charge in [-0.05, 0) is 36.8 Å². The van der Waals surface area contributed by atoms with Crippen molar-refractivity contribution in [2.45, 2.75) is 6.92 Å². The van der Waals surface area contributed by atoms with Crippen molar-refractivity contribution in [2.75, 3.05) is 7.11 Å². The molecule has 0 aliphatic rings. The first-order valence-corrected chi connectivity index (χ1v) is 6.35. The van der Waals surface area contributed by atoms with E-state index in [2.05, 4.69) is 9.97 Å². The number of hydrogen-bond donors (Lipinski definition) is 1. The summed E-state index contributed by atoms with van der Waals surface area (Å²) < 4.78 is 5.21. The molecule has 0 atom stereocenters. The standard InChI is InChI=1S/C15H13ClN2O/c1-9-3-4-10(16)7-12(9)15-17-13-6-5-11(19-2)8-14(13)18-15/h3-8H,1-2H3,(H,17,18). The van der Waals surface area contributed by atoms with Gasteiger partial charge in [-0.2, -0.15) is 0 Å². The predicted molar refractivity (Wildman–Crippen MR) is 77.8 cm³/mol. The maximum atomic E-state index is 6.05. The third-order valence-corrected chi connectivity index (χ3v) is 3.38. The highest BCUT2D eigenvalue weighted by molar-refractivity contribution is 6.30. The molecule has 1 N–H and O–H groups in total. The summed E-state index contributed by atoms with van der Waals surface area (Å²) >= 11 is 6.05. The van der Waals surface area contributed by atoms with Crippen molar-refractivity contribution in [3.63, 3.8) is 0 Å². The first-order chi connectivity index (χ1) is 9.17. The lowest BCUT2D eigenvalue weighted by atomic mass is 10.1. The van der Waals surface area contributed by atoms with Gasteiger partial charge < -0.3 is 9.72 Å². The largest absolute Gasteiger partial charge is 0.497 e. The van der Waals surface area contributed by atoms with Crippen LogP contribution in [0.1, 0.15) is 5.56 Å². The average Bonchev–Trinajstić information content (AvgIpc) is 2.83. The third-order valence-electron chi connectivity index (χ3n) is 3.14. The summed E-state index contributed by atoms with van der Waals surface area (Å²) in [5.41, 5.74) is 4.02. The van der Waals surface area contributed by atoms with Crippen molar-refractivity contribution >= 4 is 22.6 Å². The molecule has 3 aromatic rings. The van der Waals surface area contributed by atoms with Gasteiger partial charge in [-0.25, -0.2) is 4.98 Å². The Morgan fingerprint density at radius 3 is 2.79 bits per heavy atom. The van der Waals surface area contributed by atoms with Crippen LogP contribution < -0.4 is 4.74 Å². The number of fused-ring (bicyclic) bond motifs is 1. The second-order valence-corrected chi connectivity index (χ2v) is 4.86. The smallest absolute Gasteiger partial charge is 0.138 e. The van der Waals surface area contributed by atoms with E-state index in [1.807, 2.05) is 43.3 Å². The van der Waals surface area contributed by atoms with Crippen molar-refractivity contribution in [1.82, 2.24) is 9.97 Å². The van der Waals surface area contributed by atoms with Gasteiger partial charge in [-0.3, -0.25) is 0 Å². The van der Waals surface area contributed by atoms with Crippen LogP contribution in [0.2, 0.25) is 5.02 Å². The molecule has 1 aromatic heterocycles. The molecule has 0 aliphatic heterocycles. The molecule has 0 saturated carbocycles. The van der Waals surface area contributed by atoms with Gasteiger partial charge in [0.2, 0.25) is 0 Å². The molecule has 1 heterocycles. The van der Waals surface area contributed by atoms with Gasteiger partial charge in [0, 0.05) is 16.7 Å². The molecular weight excluding hydrogens is 260 g/mol. The lowest BCUT2D eigenvalue weighted by Gasteiger charge is -2.02. The van der Waals surface area contributed by atoms with E-state index in [1.54, 1.807) is 7.11 Å². The van der Waals surface area contributed by atoms with Crippen LogP contribution in [0.25, 0.3) is 22.4 Å². The van der Waals surface area contributed by atoms with Crippen LogP contribution in [-0.4, -0.2) is 17.1 Å². The van der Waals surface area contributed by atoms with Crippen LogP contribution in [0.5, 0.6) is 5.75 Å². The summed E-state index contributed by atoms with van der Waals surface area (Å²) in [6.07, 6.45) is 0. The molecule has 0 aliphatic carbocycles. The molecule has 0 unspecified atom stereocenters. The first kappa shape index (κ1) is 12.1. The molecule has 2 aromatic carbocycles. The molecule has 4 heteroatoms. The molecule has 0 spiro atoms. The Kier molecular flexibility index (Phi) is 2.91. The number of ether oxygens (including phenoxy) is 1. The first-order valence-electron chi connectivity index (χ1n) is 5.97. The van der Waals surface area contributed by atoms with Gasteiger partial charge in [-0.15, -0.1) is 0 Å². The zero-order valence-corrected chi connectivity index (χ0v) is 11.5. The van der Waals surface area contributed by atoms with Crippen molar-refractivity contribution in [2.24, 2.45) is 0 Å². The number of aryl methyl sites for hydroxylation is 1. The van der Waals surface area contributed by atoms with Crippen LogP contribution in [0, 0.1) is 6.92 Å². The maximum Gasteiger partial charge on any atom is 0.138 e. The fourth-order valence-corrected chi connectivity index (χ4v) is 2.26. The number of halogens is 1. The highest BCUT2D eigenvalue weighted by Crippen LogP contribution is 2.27. The van der Waals surface area contributed by atoms with E-state index in [0.717, 1.165) is 33.7 Å². The number of nitrogens with zero attached hydrogens (tertiary/aromatic N) is 1. The Morgan fingerprint density at radius 1 is 1.16 bits per heavy atom. The van der Waals surface area contributed by atoms with E-state index in [0.29, 0.717) is 5.02 Å². The van der Waals surface area contributed by atoms with Crippen molar-refractivity contribution < 1.29 is 4.74 Å². The summed E-state index contributed by atoms with van der Waals surface area (Å²) in [6, 6.07) is 11.6. The number of nitrogens with one attached hydrogen (secondary N) is 1. The number of methoxy groups -OCH3 is 1. The quantitative estimate of drug-likeness (QED) is 0.759. The van der Waals surface area contributed by atoms with E-state index in [1.165, 1.54) is 0 Å². The molecule has 19 heavy (non-hydrogen) atoms. The minimum Gasteiger partial charge on any atom is -0.497 e. The number of aromatic nitrogens is 2. The van der Waals surface area contributed by atoms with E-state index in [9.17, 15) is 0 Å². The van der Waals surface area contributed by atoms with E-state index < -0.39 is 0 Å². The van der Waals surface area contributed by atoms with E-state index in [-0.39, 0.29) is 0 Å². The molecule has 0 fully saturated rings. The van der Waals surface area contributed by atoms with Gasteiger partial charge >= 0.3 is 0 Å². The number of hydrogen-bond acceptors (Lipinski definition) is 2. The normalized spacial score (nSPS) is 10.9. The molecule has 0 amide bonds. The van der Waals surface area contributed by atoms with Crippen molar-refractivity contribution in [3.8, 4) is 17.1 Å². The van der Waals surface area contributed by atoms with Crippen molar-refractivity contribution in [3.05, 3.63) is 47.0 Å². The molecule has 0 saturated heterocycles. The second kappa shape index (κ2) is 4.59. The molecule has 3 nitrogen and oxygen atoms in total. The lowest BCUT2D eigenvalue weighted by Crippen LogP contribution is -1.85. The Labute approximate surface area is 116 Å². The van der Waals surface area contributed by atoms with Crippen LogP contribution in [-0.2, 0) is 0 Å². The summed E-state index contributed by atoms with van der Waals surface area (Å²) in [7, 11) is 1.65. The predicted octanol–water partition coefficient (Wildman–Crippen LogP) is 4.20. The number of imidazole rings is 1. The van der Waals surface area contributed by atoms with Gasteiger partial charge in [0.15, 0.2) is 0 Å². The fourth-order valence-electron chi connectivity index (χ4n) is 2.09. The highest BCUT2D eigenvalue weighted by Gasteiger charge is 2.09. The topological polar surface area (TPSA) is 37.9 Å². The Hall–Kier alpha value is -2.00. The Balaban J connectivity index is 2.17. The molecule has 3 rings (SSSR count). The summed E-state index contributed by atoms with van der Waals surface area (Å²) in [5.74, 6) is 1.63. The monoisotopic (exact) mass is 272 g/mol. The molecule has 96 valence electrons. The number of H-pyrrole nitrogens is 1. The number of rotatable bonds is 2. The average molecular weight is 273 g/mol. The summed E-state index contributed by atoms with van der Waals surface area (Å²) in [6.45, 7) is 2.04. The fraction of sp³-hybridized carbons (Fsp3) is 0.133. The van der Waals surface area contributed by atoms with Crippen molar-refractivity contribution in [1.29, 1.82) is 0 Å². The van der Waals surface area contributed by atoms with E-state index in [4.69, 9.17) is 16.3 Å². The highest BCUT2D eigenvalue weighted by atomic mass is 35.5. The third kappa shape index (κ3) is 2.17. The summed E-state index contributed by atoms with van der Waals surface area (Å²) in [5, 5.41) is 0.707. The van der Waals surface area contributed by atoms with Gasteiger partial charge in [0.1, 0.15) is 11.6 Å². The lowest BCUT2D eigenvalue weighted by molar-refractivity contribution is 0.415. The van der Waals surface area contributed by atoms with Gasteiger partial charge in [0.25, 0.3) is 0 Å². The minimum atomic E-state index is 0.707. The van der Waals surface area contributed by atoms with Crippen LogP contribution in [0.3, 0.4) is 0 Å². The Bertz CT molecular complexity index is 749. The van der Waals surface area contributed by atoms with Gasteiger partial charge in [0.05, 0.1) is 18.1 Å². The van der Waals surface area contributed by atoms with Crippen LogP contribution in [0.15, 0.2) is 36.4 Å². The molecular formula is C15H13ClN2O. The van der Waals surface area contributed by atoms with Crippen LogP contribution in [0.4, 0.5) is 0 Å². The number of benzene rings is 2. The van der Waals surface area contributed by atoms with Crippen LogP contribution >= 0.6 is 11.6 Å². The second-order valence-electron chi connectivity index (χ2n) is 4.43. The number of aromatic amines is 1. The van der Waals surface area contributed by atoms with Gasteiger partial charge in [-0.1, -0.05) is 17.7 Å². The van der Waals surface area contributed by atoms with E-state index >= 15 is 0 Å². The zero-order chi connectivity index (χ0) is 13.4. The maximum absolute atomic E-state index is 6.05. The Morgan fingerprint density at radius 2 is 2.00 bits per heavy atom.